The number of nitrogens with zero attached hydrogens (tertiary/aromatic N) is 1. The number of rotatable bonds is 7. The van der Waals surface area contributed by atoms with E-state index in [1.54, 1.807) is 6.49 Å². The van der Waals surface area contributed by atoms with Gasteiger partial charge in [-0.2, -0.15) is 0 Å². The summed E-state index contributed by atoms with van der Waals surface area (Å²) in [4.78, 5) is 2.48. The molecule has 0 radical (unpaired) electrons. The van der Waals surface area contributed by atoms with Crippen molar-refractivity contribution in [2.45, 2.75) is 23.9 Å². The first kappa shape index (κ1) is 24.3. The van der Waals surface area contributed by atoms with Gasteiger partial charge in [-0.3, -0.25) is 0 Å². The molecule has 182 valence electrons. The van der Waals surface area contributed by atoms with Crippen molar-refractivity contribution in [1.82, 2.24) is 0 Å². The Hall–Kier alpha value is -3.09. The second-order valence-electron chi connectivity index (χ2n) is 9.81. The van der Waals surface area contributed by atoms with E-state index >= 15 is 0 Å². The van der Waals surface area contributed by atoms with Crippen LogP contribution in [-0.2, 0) is 21.3 Å². The van der Waals surface area contributed by atoms with E-state index < -0.39 is 21.3 Å². The van der Waals surface area contributed by atoms with Crippen LogP contribution in [0.4, 0.5) is 5.69 Å². The first-order valence-electron chi connectivity index (χ1n) is 13.5. The van der Waals surface area contributed by atoms with Crippen LogP contribution >= 0.6 is 0 Å². The Morgan fingerprint density at radius 3 is 1.97 bits per heavy atom. The standard InChI is InChI=1S/C17H18N.C13H10.C5H5.Zr/c1-3-18(4-2)15-9-10-17-14(12-15)11-13-7-5-6-8-16(13)17;1-3-7-12(8-4-1)11-13-9-5-2-6-10-13;1-2-4-5-3-1;/h5-12H,3-4H2,1-2H3;1-10H;1-3H,4H2;. The molecule has 1 atom stereocenters. The first-order valence-corrected chi connectivity index (χ1v) is 17.4. The average molecular weight is 559 g/mol. The molecule has 0 aliphatic heterocycles. The molecule has 2 aliphatic carbocycles. The van der Waals surface area contributed by atoms with E-state index in [4.69, 9.17) is 0 Å². The van der Waals surface area contributed by atoms with E-state index in [-0.39, 0.29) is 0 Å². The number of benzene rings is 4. The zero-order chi connectivity index (χ0) is 25.2. The van der Waals surface area contributed by atoms with Gasteiger partial charge in [0.2, 0.25) is 0 Å². The first-order chi connectivity index (χ1) is 18.3. The molecule has 0 fully saturated rings. The van der Waals surface area contributed by atoms with Gasteiger partial charge in [-0.05, 0) is 0 Å². The molecule has 4 aromatic rings. The van der Waals surface area contributed by atoms with Gasteiger partial charge in [-0.1, -0.05) is 0 Å². The average Bonchev–Trinajstić information content (AvgIpc) is 3.60. The van der Waals surface area contributed by atoms with Gasteiger partial charge < -0.3 is 0 Å². The van der Waals surface area contributed by atoms with E-state index in [2.05, 4.69) is 140 Å². The maximum absolute atomic E-state index is 2.58. The van der Waals surface area contributed by atoms with Gasteiger partial charge in [-0.15, -0.1) is 0 Å². The SMILES string of the molecule is CCN(CC)c1ccc2c(c1)[CH]([Zr]([C]1=CC=CC1)=[C](c1ccccc1)c1ccccc1)c1ccccc1-2. The number of anilines is 1. The summed E-state index contributed by atoms with van der Waals surface area (Å²) in [6.07, 6.45) is 8.19. The zero-order valence-corrected chi connectivity index (χ0v) is 24.2. The van der Waals surface area contributed by atoms with Crippen molar-refractivity contribution in [2.75, 3.05) is 18.0 Å². The normalized spacial score (nSPS) is 15.2. The van der Waals surface area contributed by atoms with Crippen molar-refractivity contribution in [1.29, 1.82) is 0 Å². The summed E-state index contributed by atoms with van der Waals surface area (Å²) in [5.41, 5.74) is 10.1. The molecule has 0 amide bonds. The Balaban J connectivity index is 1.69. The molecule has 2 heteroatoms. The third-order valence-electron chi connectivity index (χ3n) is 7.84. The molecular weight excluding hydrogens is 526 g/mol. The van der Waals surface area contributed by atoms with Gasteiger partial charge in [0, 0.05) is 0 Å². The van der Waals surface area contributed by atoms with Crippen molar-refractivity contribution in [3.63, 3.8) is 0 Å². The summed E-state index contributed by atoms with van der Waals surface area (Å²) in [6.45, 7) is 6.57. The van der Waals surface area contributed by atoms with Crippen LogP contribution in [0.15, 0.2) is 125 Å². The van der Waals surface area contributed by atoms with Crippen molar-refractivity contribution in [2.24, 2.45) is 0 Å². The van der Waals surface area contributed by atoms with Gasteiger partial charge in [0.05, 0.1) is 0 Å². The van der Waals surface area contributed by atoms with Gasteiger partial charge in [0.1, 0.15) is 0 Å². The molecular formula is C35H33NZr. The molecule has 2 aliphatic rings. The molecule has 0 saturated heterocycles. The van der Waals surface area contributed by atoms with Crippen molar-refractivity contribution >= 4 is 8.89 Å². The fourth-order valence-corrected chi connectivity index (χ4v) is 15.1. The molecule has 4 aromatic carbocycles. The Kier molecular flexibility index (Phi) is 7.03. The molecule has 37 heavy (non-hydrogen) atoms. The van der Waals surface area contributed by atoms with E-state index in [9.17, 15) is 0 Å². The van der Waals surface area contributed by atoms with Crippen LogP contribution in [-0.4, -0.2) is 16.3 Å². The molecule has 0 spiro atoms. The minimum absolute atomic E-state index is 0.450. The summed E-state index contributed by atoms with van der Waals surface area (Å²) >= 11 is -2.58. The fourth-order valence-electron chi connectivity index (χ4n) is 6.12. The molecule has 0 saturated carbocycles. The van der Waals surface area contributed by atoms with Gasteiger partial charge >= 0.3 is 230 Å². The Morgan fingerprint density at radius 2 is 1.35 bits per heavy atom. The van der Waals surface area contributed by atoms with Crippen LogP contribution < -0.4 is 4.90 Å². The van der Waals surface area contributed by atoms with Gasteiger partial charge in [0.15, 0.2) is 0 Å². The van der Waals surface area contributed by atoms with Crippen molar-refractivity contribution in [3.05, 3.63) is 147 Å². The number of allylic oxidation sites excluding steroid dienone is 4. The van der Waals surface area contributed by atoms with Crippen LogP contribution in [0.25, 0.3) is 11.1 Å². The number of hydrogen-bond donors (Lipinski definition) is 0. The van der Waals surface area contributed by atoms with E-state index in [1.807, 2.05) is 0 Å². The third-order valence-corrected chi connectivity index (χ3v) is 16.1. The van der Waals surface area contributed by atoms with Crippen molar-refractivity contribution < 1.29 is 21.3 Å². The van der Waals surface area contributed by atoms with Crippen molar-refractivity contribution in [3.8, 4) is 11.1 Å². The van der Waals surface area contributed by atoms with E-state index in [0.29, 0.717) is 3.63 Å². The topological polar surface area (TPSA) is 3.24 Å². The second-order valence-corrected chi connectivity index (χ2v) is 16.1. The second kappa shape index (κ2) is 10.7. The van der Waals surface area contributed by atoms with Gasteiger partial charge in [0.25, 0.3) is 0 Å². The summed E-state index contributed by atoms with van der Waals surface area (Å²) < 4.78 is 3.75. The quantitative estimate of drug-likeness (QED) is 0.220. The van der Waals surface area contributed by atoms with Gasteiger partial charge in [-0.25, -0.2) is 0 Å². The molecule has 0 heterocycles. The van der Waals surface area contributed by atoms with E-state index in [0.717, 1.165) is 19.5 Å². The maximum atomic E-state index is 2.53. The summed E-state index contributed by atoms with van der Waals surface area (Å²) in [5.74, 6) is 0. The molecule has 1 nitrogen and oxygen atoms in total. The molecule has 6 rings (SSSR count). The molecule has 0 N–H and O–H groups in total. The Bertz CT molecular complexity index is 1470. The van der Waals surface area contributed by atoms with Crippen LogP contribution in [0.5, 0.6) is 0 Å². The zero-order valence-electron chi connectivity index (χ0n) is 21.7. The fraction of sp³-hybridized carbons (Fsp3) is 0.171. The van der Waals surface area contributed by atoms with Crippen LogP contribution in [0.3, 0.4) is 0 Å². The summed E-state index contributed by atoms with van der Waals surface area (Å²) in [5, 5.41) is 0. The van der Waals surface area contributed by atoms with Crippen LogP contribution in [0.1, 0.15) is 46.1 Å². The number of fused-ring (bicyclic) bond motifs is 3. The predicted molar refractivity (Wildman–Crippen MR) is 155 cm³/mol. The Labute approximate surface area is 229 Å². The minimum atomic E-state index is -2.58. The van der Waals surface area contributed by atoms with E-state index in [1.165, 1.54) is 39.1 Å². The third kappa shape index (κ3) is 4.47. The van der Waals surface area contributed by atoms with Crippen LogP contribution in [0, 0.1) is 0 Å². The molecule has 1 unspecified atom stereocenters. The predicted octanol–water partition coefficient (Wildman–Crippen LogP) is 8.33. The monoisotopic (exact) mass is 557 g/mol. The molecule has 0 aromatic heterocycles. The number of hydrogen-bond acceptors (Lipinski definition) is 1. The summed E-state index contributed by atoms with van der Waals surface area (Å²) in [7, 11) is 0. The van der Waals surface area contributed by atoms with Crippen LogP contribution in [0.2, 0.25) is 0 Å². The Morgan fingerprint density at radius 1 is 0.730 bits per heavy atom. The summed E-state index contributed by atoms with van der Waals surface area (Å²) in [6, 6.07) is 38.9. The molecule has 0 bridgehead atoms.